The molecule has 0 spiro atoms. The van der Waals surface area contributed by atoms with Crippen LogP contribution in [0, 0.1) is 93.9 Å². The zero-order valence-corrected chi connectivity index (χ0v) is 57.8. The van der Waals surface area contributed by atoms with E-state index in [0.29, 0.717) is 23.7 Å². The zero-order chi connectivity index (χ0) is 67.1. The van der Waals surface area contributed by atoms with Gasteiger partial charge < -0.3 is 0 Å². The number of hydrogen-bond acceptors (Lipinski definition) is 0. The molecule has 0 aliphatic heterocycles. The van der Waals surface area contributed by atoms with Crippen LogP contribution in [-0.4, -0.2) is 0 Å². The highest BCUT2D eigenvalue weighted by atomic mass is 19.2. The van der Waals surface area contributed by atoms with Crippen molar-refractivity contribution in [2.24, 2.45) is 47.3 Å². The maximum atomic E-state index is 13.5. The summed E-state index contributed by atoms with van der Waals surface area (Å²) in [5, 5.41) is 0. The number of rotatable bonds is 19. The van der Waals surface area contributed by atoms with Crippen LogP contribution in [0.15, 0.2) is 134 Å². The summed E-state index contributed by atoms with van der Waals surface area (Å²) in [5.74, 6) is 3.18. The van der Waals surface area contributed by atoms with Gasteiger partial charge in [-0.05, 0) is 305 Å². The predicted molar refractivity (Wildman–Crippen MR) is 392 cm³/mol. The summed E-state index contributed by atoms with van der Waals surface area (Å²) in [6.07, 6.45) is 46.9. The molecule has 8 heteroatoms. The highest BCUT2D eigenvalue weighted by Crippen LogP contribution is 2.47. The lowest BCUT2D eigenvalue weighted by atomic mass is 9.68. The SMILES string of the molecule is C=CC1CCC(C2CCC(c3ccc(F)c(F)c3)CC2)CC1.CCCC1CCC(c2ccc(-c3ccc(F)c(F)c3)cc2)CC1.CCCCCC1CCC(C2CCC(c3ccc(F)c(F)c3)CC2)CC1.CCCCCC1CCC(c2ccc(-c3ccc(F)c(F)c3)cc2)CC1.[HH].[HH].[HH].[HH].[HH].[HH]. The fourth-order valence-corrected chi connectivity index (χ4v) is 17.8. The molecule has 12 rings (SSSR count). The van der Waals surface area contributed by atoms with Crippen molar-refractivity contribution in [2.75, 3.05) is 0 Å². The first kappa shape index (κ1) is 73.7. The van der Waals surface area contributed by atoms with Crippen molar-refractivity contribution in [1.29, 1.82) is 0 Å². The van der Waals surface area contributed by atoms with Crippen LogP contribution in [0.5, 0.6) is 0 Å². The average molecular weight is 1320 g/mol. The monoisotopic (exact) mass is 1320 g/mol. The molecule has 6 saturated carbocycles. The molecule has 0 saturated heterocycles. The second-order valence-electron chi connectivity index (χ2n) is 30.0. The minimum atomic E-state index is -0.797. The van der Waals surface area contributed by atoms with E-state index in [1.165, 1.54) is 252 Å². The predicted octanol–water partition coefficient (Wildman–Crippen LogP) is 29.5. The van der Waals surface area contributed by atoms with E-state index in [0.717, 1.165) is 106 Å². The van der Waals surface area contributed by atoms with Gasteiger partial charge in [0.2, 0.25) is 0 Å². The molecular formula is C87H124F8. The zero-order valence-electron chi connectivity index (χ0n) is 57.8. The largest absolute Gasteiger partial charge is 0.204 e. The van der Waals surface area contributed by atoms with Crippen LogP contribution in [0.3, 0.4) is 0 Å². The van der Waals surface area contributed by atoms with Gasteiger partial charge in [0.1, 0.15) is 0 Å². The second-order valence-corrected chi connectivity index (χ2v) is 30.0. The van der Waals surface area contributed by atoms with Gasteiger partial charge in [-0.3, -0.25) is 0 Å². The highest BCUT2D eigenvalue weighted by Gasteiger charge is 2.33. The van der Waals surface area contributed by atoms with Crippen molar-refractivity contribution in [3.05, 3.63) is 203 Å². The Bertz CT molecular complexity index is 3230. The Kier molecular flexibility index (Phi) is 29.5. The van der Waals surface area contributed by atoms with E-state index in [1.807, 2.05) is 24.3 Å². The van der Waals surface area contributed by atoms with E-state index >= 15 is 0 Å². The molecule has 6 aromatic carbocycles. The summed E-state index contributed by atoms with van der Waals surface area (Å²) >= 11 is 0. The van der Waals surface area contributed by atoms with Crippen LogP contribution in [0.4, 0.5) is 35.1 Å². The number of allylic oxidation sites excluding steroid dienone is 1. The summed E-state index contributed by atoms with van der Waals surface area (Å²) in [4.78, 5) is 0. The Hall–Kier alpha value is -5.50. The molecule has 528 valence electrons. The van der Waals surface area contributed by atoms with E-state index in [9.17, 15) is 35.1 Å². The Morgan fingerprint density at radius 3 is 0.884 bits per heavy atom. The summed E-state index contributed by atoms with van der Waals surface area (Å²) < 4.78 is 106. The van der Waals surface area contributed by atoms with Gasteiger partial charge in [-0.25, -0.2) is 35.1 Å². The van der Waals surface area contributed by atoms with Gasteiger partial charge in [0, 0.05) is 8.56 Å². The normalized spacial score (nSPS) is 26.1. The standard InChI is InChI=1S/C23H34F2.C23H28F2.C21H24F2.C20H26F2.6H2/c2*1-2-3-4-5-17-6-8-18(9-7-17)19-10-12-20(13-11-19)21-14-15-22(24)23(25)16-21;1-2-3-15-4-6-16(7-5-15)17-8-10-18(11-9-17)19-12-13-20(22)21(23)14-19;1-2-14-3-5-15(6-4-14)16-7-9-17(10-8-16)18-11-12-19(21)20(22)13-18;;;;;;/h14-20H,2-13H2,1H3;10-18H,2-9H2,1H3;8-16H,2-7H2,1H3;2,11-17H,1,3-10H2;6*1H. The average Bonchev–Trinajstić information content (AvgIpc) is 0.847. The van der Waals surface area contributed by atoms with Crippen LogP contribution >= 0.6 is 0 Å². The molecule has 0 nitrogen and oxygen atoms in total. The fraction of sp³-hybridized carbons (Fsp3) is 0.563. The third-order valence-corrected chi connectivity index (χ3v) is 23.8. The summed E-state index contributed by atoms with van der Waals surface area (Å²) in [6, 6.07) is 33.9. The van der Waals surface area contributed by atoms with Crippen molar-refractivity contribution >= 4 is 0 Å². The molecular weight excluding hydrogens is 1200 g/mol. The van der Waals surface area contributed by atoms with E-state index in [1.54, 1.807) is 24.3 Å². The van der Waals surface area contributed by atoms with Gasteiger partial charge >= 0.3 is 0 Å². The van der Waals surface area contributed by atoms with Gasteiger partial charge in [0.25, 0.3) is 0 Å². The van der Waals surface area contributed by atoms with Crippen LogP contribution in [-0.2, 0) is 0 Å². The van der Waals surface area contributed by atoms with E-state index < -0.39 is 46.5 Å². The first-order valence-corrected chi connectivity index (χ1v) is 37.8. The van der Waals surface area contributed by atoms with Crippen LogP contribution in [0.25, 0.3) is 22.3 Å². The first-order chi connectivity index (χ1) is 46.2. The molecule has 95 heavy (non-hydrogen) atoms. The van der Waals surface area contributed by atoms with Crippen LogP contribution < -0.4 is 0 Å². The lowest BCUT2D eigenvalue weighted by molar-refractivity contribution is 0.155. The molecule has 6 aromatic rings. The van der Waals surface area contributed by atoms with Crippen molar-refractivity contribution in [2.45, 2.75) is 263 Å². The number of benzene rings is 6. The van der Waals surface area contributed by atoms with Crippen LogP contribution in [0.1, 0.15) is 294 Å². The highest BCUT2D eigenvalue weighted by molar-refractivity contribution is 5.65. The molecule has 0 bridgehead atoms. The van der Waals surface area contributed by atoms with Gasteiger partial charge in [0.15, 0.2) is 46.5 Å². The first-order valence-electron chi connectivity index (χ1n) is 37.8. The second kappa shape index (κ2) is 38.0. The van der Waals surface area contributed by atoms with Crippen molar-refractivity contribution in [1.82, 2.24) is 0 Å². The van der Waals surface area contributed by atoms with E-state index in [4.69, 9.17) is 0 Å². The molecule has 6 fully saturated rings. The Morgan fingerprint density at radius 2 is 0.558 bits per heavy atom. The summed E-state index contributed by atoms with van der Waals surface area (Å²) in [7, 11) is 0. The maximum Gasteiger partial charge on any atom is 0.159 e. The minimum absolute atomic E-state index is 0. The molecule has 0 atom stereocenters. The quantitative estimate of drug-likeness (QED) is 0.0431. The Morgan fingerprint density at radius 1 is 0.284 bits per heavy atom. The van der Waals surface area contributed by atoms with Crippen molar-refractivity contribution in [3.8, 4) is 22.3 Å². The lowest BCUT2D eigenvalue weighted by Gasteiger charge is -2.38. The van der Waals surface area contributed by atoms with Gasteiger partial charge in [-0.1, -0.05) is 177 Å². The molecule has 0 radical (unpaired) electrons. The van der Waals surface area contributed by atoms with Gasteiger partial charge in [-0.15, -0.1) is 6.58 Å². The van der Waals surface area contributed by atoms with E-state index in [2.05, 4.69) is 57.7 Å². The smallest absolute Gasteiger partial charge is 0.159 e. The molecule has 0 aromatic heterocycles. The molecule has 6 aliphatic carbocycles. The maximum absolute atomic E-state index is 13.5. The van der Waals surface area contributed by atoms with E-state index in [-0.39, 0.29) is 8.56 Å². The molecule has 0 N–H and O–H groups in total. The fourth-order valence-electron chi connectivity index (χ4n) is 17.8. The Balaban J connectivity index is 0.000000344. The topological polar surface area (TPSA) is 0 Å². The Labute approximate surface area is 576 Å². The number of unbranched alkanes of at least 4 members (excludes halogenated alkanes) is 4. The number of hydrogen-bond donors (Lipinski definition) is 0. The van der Waals surface area contributed by atoms with Gasteiger partial charge in [-0.2, -0.15) is 0 Å². The molecule has 0 amide bonds. The lowest BCUT2D eigenvalue weighted by Crippen LogP contribution is -2.25. The van der Waals surface area contributed by atoms with Crippen LogP contribution in [0.2, 0.25) is 0 Å². The van der Waals surface area contributed by atoms with Crippen molar-refractivity contribution in [3.63, 3.8) is 0 Å². The van der Waals surface area contributed by atoms with Crippen molar-refractivity contribution < 1.29 is 43.7 Å². The third kappa shape index (κ3) is 22.0. The third-order valence-electron chi connectivity index (χ3n) is 23.8. The minimum Gasteiger partial charge on any atom is -0.204 e. The number of halogens is 8. The molecule has 6 aliphatic rings. The molecule has 0 heterocycles. The molecule has 0 unspecified atom stereocenters. The summed E-state index contributed by atoms with van der Waals surface area (Å²) in [6.45, 7) is 10.7. The summed E-state index contributed by atoms with van der Waals surface area (Å²) in [5.41, 5.74) is 8.07. The van der Waals surface area contributed by atoms with Gasteiger partial charge in [0.05, 0.1) is 0 Å².